The summed E-state index contributed by atoms with van der Waals surface area (Å²) < 4.78 is 5.16. The third-order valence-corrected chi connectivity index (χ3v) is 6.67. The minimum absolute atomic E-state index is 0.0464. The number of carbonyl (C=O) groups excluding carboxylic acids is 3. The van der Waals surface area contributed by atoms with Gasteiger partial charge in [0.15, 0.2) is 5.78 Å². The van der Waals surface area contributed by atoms with Crippen molar-refractivity contribution in [2.75, 3.05) is 20.2 Å². The molecule has 0 aliphatic carbocycles. The van der Waals surface area contributed by atoms with Crippen LogP contribution in [0.15, 0.2) is 54.6 Å². The number of nitrogens with zero attached hydrogens (tertiary/aromatic N) is 2. The van der Waals surface area contributed by atoms with E-state index >= 15 is 0 Å². The summed E-state index contributed by atoms with van der Waals surface area (Å²) in [6.07, 6.45) is 2.13. The van der Waals surface area contributed by atoms with Crippen molar-refractivity contribution < 1.29 is 19.1 Å². The number of benzene rings is 2. The van der Waals surface area contributed by atoms with Crippen molar-refractivity contribution in [3.8, 4) is 5.75 Å². The average molecular weight is 466 g/mol. The molecule has 0 bridgehead atoms. The Kier molecular flexibility index (Phi) is 8.96. The van der Waals surface area contributed by atoms with E-state index in [4.69, 9.17) is 10.5 Å². The zero-order chi connectivity index (χ0) is 24.7. The summed E-state index contributed by atoms with van der Waals surface area (Å²) in [5.41, 5.74) is 7.68. The molecule has 1 saturated heterocycles. The first kappa shape index (κ1) is 25.6. The monoisotopic (exact) mass is 465 g/mol. The smallest absolute Gasteiger partial charge is 0.246 e. The first-order chi connectivity index (χ1) is 16.3. The molecular weight excluding hydrogens is 430 g/mol. The van der Waals surface area contributed by atoms with Gasteiger partial charge in [0.2, 0.25) is 11.8 Å². The Morgan fingerprint density at radius 1 is 1.12 bits per heavy atom. The largest absolute Gasteiger partial charge is 0.497 e. The molecule has 0 saturated carbocycles. The number of ketones is 1. The van der Waals surface area contributed by atoms with Gasteiger partial charge >= 0.3 is 0 Å². The number of hydrogen-bond donors (Lipinski definition) is 1. The first-order valence-corrected chi connectivity index (χ1v) is 11.9. The highest BCUT2D eigenvalue weighted by Gasteiger charge is 2.38. The Morgan fingerprint density at radius 3 is 2.41 bits per heavy atom. The average Bonchev–Trinajstić information content (AvgIpc) is 3.34. The summed E-state index contributed by atoms with van der Waals surface area (Å²) in [5.74, 6) is -0.0860. The highest BCUT2D eigenvalue weighted by atomic mass is 16.5. The van der Waals surface area contributed by atoms with Gasteiger partial charge in [-0.1, -0.05) is 50.6 Å². The molecule has 2 aromatic rings. The third kappa shape index (κ3) is 6.10. The zero-order valence-corrected chi connectivity index (χ0v) is 20.3. The van der Waals surface area contributed by atoms with E-state index in [9.17, 15) is 14.4 Å². The molecule has 0 spiro atoms. The second-order valence-corrected chi connectivity index (χ2v) is 8.94. The molecule has 2 N–H and O–H groups in total. The predicted octanol–water partition coefficient (Wildman–Crippen LogP) is 3.27. The fourth-order valence-electron chi connectivity index (χ4n) is 4.24. The summed E-state index contributed by atoms with van der Waals surface area (Å²) in [4.78, 5) is 43.1. The first-order valence-electron chi connectivity index (χ1n) is 11.9. The molecule has 0 unspecified atom stereocenters. The van der Waals surface area contributed by atoms with Crippen LogP contribution in [-0.4, -0.2) is 59.7 Å². The lowest BCUT2D eigenvalue weighted by Crippen LogP contribution is -2.54. The summed E-state index contributed by atoms with van der Waals surface area (Å²) >= 11 is 0. The fourth-order valence-corrected chi connectivity index (χ4v) is 4.24. The van der Waals surface area contributed by atoms with Crippen molar-refractivity contribution in [1.29, 1.82) is 0 Å². The van der Waals surface area contributed by atoms with Crippen LogP contribution in [0.1, 0.15) is 49.0 Å². The number of hydrogen-bond acceptors (Lipinski definition) is 6. The number of methoxy groups -OCH3 is 1. The molecule has 3 atom stereocenters. The van der Waals surface area contributed by atoms with Crippen molar-refractivity contribution in [2.45, 2.75) is 51.7 Å². The van der Waals surface area contributed by atoms with E-state index in [1.807, 2.05) is 49.1 Å². The quantitative estimate of drug-likeness (QED) is 0.542. The van der Waals surface area contributed by atoms with E-state index in [-0.39, 0.29) is 36.6 Å². The van der Waals surface area contributed by atoms with E-state index in [1.165, 1.54) is 4.90 Å². The Bertz CT molecular complexity index is 977. The number of imide groups is 1. The van der Waals surface area contributed by atoms with Crippen LogP contribution in [-0.2, 0) is 16.1 Å². The lowest BCUT2D eigenvalue weighted by Gasteiger charge is -2.31. The molecule has 1 fully saturated rings. The van der Waals surface area contributed by atoms with Crippen molar-refractivity contribution in [2.24, 2.45) is 11.7 Å². The number of rotatable bonds is 10. The molecule has 0 aromatic heterocycles. The molecule has 7 nitrogen and oxygen atoms in total. The standard InChI is InChI=1S/C27H35N3O4/c1-4-19(2)25(28)27(33)30(17-20-9-6-5-7-10-20)26(32)23-11-8-16-29(23)18-24(31)21-12-14-22(34-3)15-13-21/h5-7,9-10,12-15,19,23,25H,4,8,11,16-18,28H2,1-3H3/t19-,23-,25-/m0/s1. The van der Waals surface area contributed by atoms with Crippen LogP contribution >= 0.6 is 0 Å². The van der Waals surface area contributed by atoms with Gasteiger partial charge in [-0.3, -0.25) is 24.2 Å². The Hall–Kier alpha value is -3.03. The fraction of sp³-hybridized carbons (Fsp3) is 0.444. The molecular formula is C27H35N3O4. The summed E-state index contributed by atoms with van der Waals surface area (Å²) in [5, 5.41) is 0. The minimum Gasteiger partial charge on any atom is -0.497 e. The van der Waals surface area contributed by atoms with Gasteiger partial charge in [0.1, 0.15) is 5.75 Å². The van der Waals surface area contributed by atoms with Crippen molar-refractivity contribution in [3.05, 3.63) is 65.7 Å². The van der Waals surface area contributed by atoms with E-state index in [0.717, 1.165) is 18.4 Å². The maximum atomic E-state index is 13.7. The third-order valence-electron chi connectivity index (χ3n) is 6.67. The van der Waals surface area contributed by atoms with Crippen LogP contribution in [0.25, 0.3) is 0 Å². The molecule has 3 rings (SSSR count). The van der Waals surface area contributed by atoms with E-state index in [1.54, 1.807) is 31.4 Å². The predicted molar refractivity (Wildman–Crippen MR) is 131 cm³/mol. The summed E-state index contributed by atoms with van der Waals surface area (Å²) in [6.45, 7) is 4.81. The van der Waals surface area contributed by atoms with Crippen LogP contribution in [0, 0.1) is 5.92 Å². The van der Waals surface area contributed by atoms with Gasteiger partial charge in [0.05, 0.1) is 32.3 Å². The maximum absolute atomic E-state index is 13.7. The number of carbonyl (C=O) groups is 3. The van der Waals surface area contributed by atoms with Crippen LogP contribution in [0.4, 0.5) is 0 Å². The van der Waals surface area contributed by atoms with Crippen molar-refractivity contribution in [3.63, 3.8) is 0 Å². The highest BCUT2D eigenvalue weighted by Crippen LogP contribution is 2.23. The maximum Gasteiger partial charge on any atom is 0.246 e. The SMILES string of the molecule is CC[C@H](C)[C@H](N)C(=O)N(Cc1ccccc1)C(=O)[C@@H]1CCCN1CC(=O)c1ccc(OC)cc1. The molecule has 1 heterocycles. The number of nitrogens with two attached hydrogens (primary N) is 1. The van der Waals surface area contributed by atoms with Crippen LogP contribution < -0.4 is 10.5 Å². The second-order valence-electron chi connectivity index (χ2n) is 8.94. The van der Waals surface area contributed by atoms with Crippen LogP contribution in [0.3, 0.4) is 0 Å². The molecule has 1 aliphatic rings. The number of ether oxygens (including phenoxy) is 1. The van der Waals surface area contributed by atoms with Gasteiger partial charge in [0.25, 0.3) is 0 Å². The molecule has 1 aliphatic heterocycles. The highest BCUT2D eigenvalue weighted by molar-refractivity contribution is 6.01. The summed E-state index contributed by atoms with van der Waals surface area (Å²) in [7, 11) is 1.58. The van der Waals surface area contributed by atoms with Gasteiger partial charge in [-0.15, -0.1) is 0 Å². The van der Waals surface area contributed by atoms with Crippen LogP contribution in [0.5, 0.6) is 5.75 Å². The van der Waals surface area contributed by atoms with Gasteiger partial charge in [-0.25, -0.2) is 0 Å². The normalized spacial score (nSPS) is 17.7. The molecule has 2 amide bonds. The van der Waals surface area contributed by atoms with Gasteiger partial charge < -0.3 is 10.5 Å². The topological polar surface area (TPSA) is 92.9 Å². The van der Waals surface area contributed by atoms with Crippen molar-refractivity contribution in [1.82, 2.24) is 9.80 Å². The van der Waals surface area contributed by atoms with Gasteiger partial charge in [-0.2, -0.15) is 0 Å². The second kappa shape index (κ2) is 11.9. The van der Waals surface area contributed by atoms with E-state index in [2.05, 4.69) is 0 Å². The molecule has 2 aromatic carbocycles. The minimum atomic E-state index is -0.756. The lowest BCUT2D eigenvalue weighted by atomic mass is 9.98. The Labute approximate surface area is 201 Å². The summed E-state index contributed by atoms with van der Waals surface area (Å²) in [6, 6.07) is 15.1. The number of Topliss-reactive ketones (excluding diaryl/α,β-unsaturated/α-hetero) is 1. The van der Waals surface area contributed by atoms with Gasteiger partial charge in [-0.05, 0) is 55.1 Å². The molecule has 34 heavy (non-hydrogen) atoms. The zero-order valence-electron chi connectivity index (χ0n) is 20.3. The van der Waals surface area contributed by atoms with E-state index in [0.29, 0.717) is 24.3 Å². The molecule has 7 heteroatoms. The number of likely N-dealkylation sites (tertiary alicyclic amines) is 1. The van der Waals surface area contributed by atoms with Gasteiger partial charge in [0, 0.05) is 5.56 Å². The molecule has 182 valence electrons. The lowest BCUT2D eigenvalue weighted by molar-refractivity contribution is -0.149. The van der Waals surface area contributed by atoms with E-state index < -0.39 is 12.1 Å². The van der Waals surface area contributed by atoms with Crippen LogP contribution in [0.2, 0.25) is 0 Å². The Balaban J connectivity index is 1.79. The van der Waals surface area contributed by atoms with Crippen molar-refractivity contribution >= 4 is 17.6 Å². The molecule has 0 radical (unpaired) electrons. The number of amides is 2. The Morgan fingerprint density at radius 2 is 1.79 bits per heavy atom.